The van der Waals surface area contributed by atoms with Crippen molar-refractivity contribution >= 4 is 17.3 Å². The molecule has 0 radical (unpaired) electrons. The summed E-state index contributed by atoms with van der Waals surface area (Å²) in [7, 11) is 0. The van der Waals surface area contributed by atoms with Gasteiger partial charge in [0.05, 0.1) is 0 Å². The Morgan fingerprint density at radius 1 is 1.16 bits per heavy atom. The summed E-state index contributed by atoms with van der Waals surface area (Å²) in [6, 6.07) is 6.99. The molecule has 0 aromatic heterocycles. The van der Waals surface area contributed by atoms with Gasteiger partial charge in [-0.3, -0.25) is 0 Å². The van der Waals surface area contributed by atoms with Crippen LogP contribution in [0, 0.1) is 0 Å². The summed E-state index contributed by atoms with van der Waals surface area (Å²) in [6.45, 7) is 2.07. The van der Waals surface area contributed by atoms with Gasteiger partial charge in [-0.15, -0.1) is 0 Å². The van der Waals surface area contributed by atoms with E-state index in [-0.39, 0.29) is 13.0 Å². The Morgan fingerprint density at radius 3 is 2.21 bits per heavy atom. The maximum absolute atomic E-state index is 12.1. The molecule has 1 aromatic rings. The van der Waals surface area contributed by atoms with Crippen LogP contribution in [0.3, 0.4) is 0 Å². The van der Waals surface area contributed by atoms with E-state index in [0.29, 0.717) is 11.4 Å². The van der Waals surface area contributed by atoms with Crippen molar-refractivity contribution in [1.29, 1.82) is 0 Å². The number of hydrogen-bond acceptors (Lipinski definition) is 2. The number of rotatable bonds is 6. The molecule has 1 atom stereocenters. The summed E-state index contributed by atoms with van der Waals surface area (Å²) in [5, 5.41) is 3.78. The lowest BCUT2D eigenvalue weighted by Gasteiger charge is -2.31. The van der Waals surface area contributed by atoms with Crippen molar-refractivity contribution in [2.24, 2.45) is 5.73 Å². The lowest BCUT2D eigenvalue weighted by Crippen LogP contribution is -2.42. The quantitative estimate of drug-likeness (QED) is 0.825. The molecule has 0 saturated carbocycles. The third kappa shape index (κ3) is 6.16. The van der Waals surface area contributed by atoms with E-state index in [1.165, 1.54) is 0 Å². The second kappa shape index (κ2) is 6.48. The van der Waals surface area contributed by atoms with Crippen molar-refractivity contribution in [3.05, 3.63) is 29.3 Å². The summed E-state index contributed by atoms with van der Waals surface area (Å²) in [5.74, 6) is 0. The van der Waals surface area contributed by atoms with E-state index in [2.05, 4.69) is 5.32 Å². The van der Waals surface area contributed by atoms with E-state index in [4.69, 9.17) is 17.3 Å². The van der Waals surface area contributed by atoms with Crippen LogP contribution in [-0.2, 0) is 0 Å². The van der Waals surface area contributed by atoms with Gasteiger partial charge in [0.1, 0.15) is 0 Å². The fourth-order valence-corrected chi connectivity index (χ4v) is 1.90. The topological polar surface area (TPSA) is 38.0 Å². The van der Waals surface area contributed by atoms with Crippen LogP contribution >= 0.6 is 11.6 Å². The minimum absolute atomic E-state index is 0.0534. The van der Waals surface area contributed by atoms with Gasteiger partial charge in [0.15, 0.2) is 0 Å². The highest BCUT2D eigenvalue weighted by Gasteiger charge is 2.29. The maximum Gasteiger partial charge on any atom is 0.389 e. The molecular formula is C13H18ClF3N2. The van der Waals surface area contributed by atoms with Gasteiger partial charge < -0.3 is 11.1 Å². The SMILES string of the molecule is CC(CN)(CCCC(F)(F)F)Nc1ccc(Cl)cc1. The summed E-state index contributed by atoms with van der Waals surface area (Å²) in [5.41, 5.74) is 5.90. The summed E-state index contributed by atoms with van der Waals surface area (Å²) >= 11 is 5.77. The highest BCUT2D eigenvalue weighted by molar-refractivity contribution is 6.30. The smallest absolute Gasteiger partial charge is 0.379 e. The van der Waals surface area contributed by atoms with Gasteiger partial charge in [-0.25, -0.2) is 0 Å². The Hall–Kier alpha value is -0.940. The third-order valence-electron chi connectivity index (χ3n) is 2.93. The zero-order chi connectivity index (χ0) is 14.5. The monoisotopic (exact) mass is 294 g/mol. The molecule has 1 aromatic carbocycles. The lowest BCUT2D eigenvalue weighted by atomic mass is 9.94. The molecule has 1 unspecified atom stereocenters. The van der Waals surface area contributed by atoms with Crippen LogP contribution in [0.1, 0.15) is 26.2 Å². The zero-order valence-corrected chi connectivity index (χ0v) is 11.5. The zero-order valence-electron chi connectivity index (χ0n) is 10.7. The summed E-state index contributed by atoms with van der Waals surface area (Å²) in [6.07, 6.45) is -4.50. The minimum atomic E-state index is -4.12. The molecule has 108 valence electrons. The Labute approximate surface area is 116 Å². The highest BCUT2D eigenvalue weighted by Crippen LogP contribution is 2.26. The number of nitrogens with two attached hydrogens (primary N) is 1. The van der Waals surface area contributed by atoms with E-state index in [9.17, 15) is 13.2 Å². The van der Waals surface area contributed by atoms with Crippen LogP contribution < -0.4 is 11.1 Å². The van der Waals surface area contributed by atoms with E-state index in [1.54, 1.807) is 24.3 Å². The number of anilines is 1. The predicted octanol–water partition coefficient (Wildman–Crippen LogP) is 4.20. The Kier molecular flexibility index (Phi) is 5.50. The fraction of sp³-hybridized carbons (Fsp3) is 0.538. The standard InChI is InChI=1S/C13H18ClF3N2/c1-12(9-18,7-2-8-13(15,16)17)19-11-5-3-10(14)4-6-11/h3-6,19H,2,7-9,18H2,1H3. The summed E-state index contributed by atoms with van der Waals surface area (Å²) in [4.78, 5) is 0. The highest BCUT2D eigenvalue weighted by atomic mass is 35.5. The first-order valence-electron chi connectivity index (χ1n) is 6.05. The van der Waals surface area contributed by atoms with Crippen LogP contribution in [0.2, 0.25) is 5.02 Å². The molecule has 0 spiro atoms. The average Bonchev–Trinajstić information content (AvgIpc) is 2.30. The molecular weight excluding hydrogens is 277 g/mol. The number of hydrogen-bond donors (Lipinski definition) is 2. The number of halogens is 4. The van der Waals surface area contributed by atoms with Crippen molar-refractivity contribution in [3.8, 4) is 0 Å². The molecule has 6 heteroatoms. The molecule has 2 nitrogen and oxygen atoms in total. The number of nitrogens with one attached hydrogen (secondary N) is 1. The van der Waals surface area contributed by atoms with Gasteiger partial charge in [0.2, 0.25) is 0 Å². The first kappa shape index (κ1) is 16.1. The molecule has 0 fully saturated rings. The first-order valence-corrected chi connectivity index (χ1v) is 6.42. The molecule has 0 amide bonds. The molecule has 3 N–H and O–H groups in total. The molecule has 0 aliphatic rings. The fourth-order valence-electron chi connectivity index (χ4n) is 1.78. The molecule has 0 bridgehead atoms. The van der Waals surface area contributed by atoms with Gasteiger partial charge in [-0.1, -0.05) is 11.6 Å². The van der Waals surface area contributed by atoms with E-state index in [0.717, 1.165) is 5.69 Å². The van der Waals surface area contributed by atoms with Gasteiger partial charge in [-0.05, 0) is 44.0 Å². The molecule has 0 aliphatic heterocycles. The first-order chi connectivity index (χ1) is 8.74. The van der Waals surface area contributed by atoms with E-state index in [1.807, 2.05) is 6.92 Å². The van der Waals surface area contributed by atoms with Gasteiger partial charge in [0.25, 0.3) is 0 Å². The van der Waals surface area contributed by atoms with Crippen molar-refractivity contribution in [3.63, 3.8) is 0 Å². The molecule has 0 saturated heterocycles. The van der Waals surface area contributed by atoms with Gasteiger partial charge >= 0.3 is 6.18 Å². The predicted molar refractivity (Wildman–Crippen MR) is 72.4 cm³/mol. The van der Waals surface area contributed by atoms with E-state index < -0.39 is 18.1 Å². The average molecular weight is 295 g/mol. The van der Waals surface area contributed by atoms with Crippen molar-refractivity contribution in [1.82, 2.24) is 0 Å². The second-order valence-electron chi connectivity index (χ2n) is 4.87. The summed E-state index contributed by atoms with van der Waals surface area (Å²) < 4.78 is 36.4. The number of benzene rings is 1. The maximum atomic E-state index is 12.1. The van der Waals surface area contributed by atoms with Crippen LogP contribution in [0.15, 0.2) is 24.3 Å². The van der Waals surface area contributed by atoms with E-state index >= 15 is 0 Å². The van der Waals surface area contributed by atoms with Crippen molar-refractivity contribution in [2.45, 2.75) is 37.9 Å². The molecule has 1 rings (SSSR count). The largest absolute Gasteiger partial charge is 0.389 e. The molecule has 19 heavy (non-hydrogen) atoms. The van der Waals surface area contributed by atoms with Crippen LogP contribution in [0.4, 0.5) is 18.9 Å². The van der Waals surface area contributed by atoms with Crippen molar-refractivity contribution in [2.75, 3.05) is 11.9 Å². The Balaban J connectivity index is 2.57. The number of alkyl halides is 3. The minimum Gasteiger partial charge on any atom is -0.379 e. The lowest BCUT2D eigenvalue weighted by molar-refractivity contribution is -0.136. The third-order valence-corrected chi connectivity index (χ3v) is 3.18. The van der Waals surface area contributed by atoms with Crippen LogP contribution in [0.25, 0.3) is 0 Å². The Morgan fingerprint density at radius 2 is 1.74 bits per heavy atom. The van der Waals surface area contributed by atoms with Crippen molar-refractivity contribution < 1.29 is 13.2 Å². The van der Waals surface area contributed by atoms with Gasteiger partial charge in [-0.2, -0.15) is 13.2 Å². The molecule has 0 heterocycles. The second-order valence-corrected chi connectivity index (χ2v) is 5.30. The van der Waals surface area contributed by atoms with Crippen LogP contribution in [-0.4, -0.2) is 18.3 Å². The normalized spacial score (nSPS) is 15.1. The molecule has 0 aliphatic carbocycles. The van der Waals surface area contributed by atoms with Crippen LogP contribution in [0.5, 0.6) is 0 Å². The Bertz CT molecular complexity index is 392. The van der Waals surface area contributed by atoms with Gasteiger partial charge in [0, 0.05) is 29.2 Å².